The second-order valence-electron chi connectivity index (χ2n) is 4.47. The van der Waals surface area contributed by atoms with Gasteiger partial charge in [0.1, 0.15) is 11.8 Å². The first-order valence-electron chi connectivity index (χ1n) is 6.32. The van der Waals surface area contributed by atoms with Gasteiger partial charge in [0.25, 0.3) is 0 Å². The van der Waals surface area contributed by atoms with E-state index >= 15 is 0 Å². The van der Waals surface area contributed by atoms with Crippen molar-refractivity contribution in [3.63, 3.8) is 0 Å². The van der Waals surface area contributed by atoms with Crippen molar-refractivity contribution in [2.24, 2.45) is 0 Å². The standard InChI is InChI=1S/C14H17NO6/c1-9-3-2-4-10(7-9)21-6-5-12(16)15-11(14(19)20)8-13(17)18/h2-4,7,11H,5-6,8H2,1H3,(H,15,16)(H,17,18)(H,19,20)/t11-/m1/s1. The fourth-order valence-electron chi connectivity index (χ4n) is 1.61. The minimum atomic E-state index is -1.44. The molecule has 7 nitrogen and oxygen atoms in total. The van der Waals surface area contributed by atoms with Crippen molar-refractivity contribution >= 4 is 17.8 Å². The smallest absolute Gasteiger partial charge is 0.326 e. The minimum absolute atomic E-state index is 0.0582. The van der Waals surface area contributed by atoms with Crippen molar-refractivity contribution < 1.29 is 29.3 Å². The summed E-state index contributed by atoms with van der Waals surface area (Å²) in [5.74, 6) is -2.64. The van der Waals surface area contributed by atoms with Gasteiger partial charge in [-0.25, -0.2) is 4.79 Å². The van der Waals surface area contributed by atoms with E-state index in [9.17, 15) is 14.4 Å². The number of rotatable bonds is 8. The second-order valence-corrected chi connectivity index (χ2v) is 4.47. The molecule has 0 aliphatic heterocycles. The highest BCUT2D eigenvalue weighted by atomic mass is 16.5. The van der Waals surface area contributed by atoms with Crippen LogP contribution in [0.25, 0.3) is 0 Å². The number of hydrogen-bond acceptors (Lipinski definition) is 4. The van der Waals surface area contributed by atoms with Gasteiger partial charge >= 0.3 is 11.9 Å². The minimum Gasteiger partial charge on any atom is -0.493 e. The third kappa shape index (κ3) is 6.42. The molecule has 0 aliphatic carbocycles. The number of benzene rings is 1. The normalized spacial score (nSPS) is 11.5. The maximum Gasteiger partial charge on any atom is 0.326 e. The quantitative estimate of drug-likeness (QED) is 0.654. The number of carboxylic acid groups (broad SMARTS) is 2. The molecule has 3 N–H and O–H groups in total. The van der Waals surface area contributed by atoms with Gasteiger partial charge in [-0.3, -0.25) is 9.59 Å². The molecular formula is C14H17NO6. The molecule has 114 valence electrons. The van der Waals surface area contributed by atoms with Crippen LogP contribution >= 0.6 is 0 Å². The summed E-state index contributed by atoms with van der Waals surface area (Å²) in [7, 11) is 0. The van der Waals surface area contributed by atoms with Crippen LogP contribution in [0.4, 0.5) is 0 Å². The maximum atomic E-state index is 11.5. The summed E-state index contributed by atoms with van der Waals surface area (Å²) in [6, 6.07) is 5.84. The molecule has 0 aliphatic rings. The van der Waals surface area contributed by atoms with E-state index in [1.54, 1.807) is 6.07 Å². The number of ether oxygens (including phenoxy) is 1. The van der Waals surface area contributed by atoms with Crippen LogP contribution < -0.4 is 10.1 Å². The zero-order chi connectivity index (χ0) is 15.8. The SMILES string of the molecule is Cc1cccc(OCCC(=O)N[C@H](CC(=O)O)C(=O)O)c1. The Balaban J connectivity index is 2.39. The van der Waals surface area contributed by atoms with Crippen molar-refractivity contribution in [1.29, 1.82) is 0 Å². The Morgan fingerprint density at radius 2 is 2.00 bits per heavy atom. The van der Waals surface area contributed by atoms with E-state index in [0.29, 0.717) is 5.75 Å². The molecule has 1 aromatic carbocycles. The van der Waals surface area contributed by atoms with Crippen LogP contribution in [-0.2, 0) is 14.4 Å². The highest BCUT2D eigenvalue weighted by molar-refractivity contribution is 5.86. The van der Waals surface area contributed by atoms with E-state index < -0.39 is 30.3 Å². The van der Waals surface area contributed by atoms with Crippen LogP contribution in [0.1, 0.15) is 18.4 Å². The molecule has 7 heteroatoms. The van der Waals surface area contributed by atoms with E-state index in [2.05, 4.69) is 5.32 Å². The van der Waals surface area contributed by atoms with Gasteiger partial charge in [0.2, 0.25) is 5.91 Å². The van der Waals surface area contributed by atoms with Gasteiger partial charge < -0.3 is 20.3 Å². The Morgan fingerprint density at radius 1 is 1.29 bits per heavy atom. The molecule has 0 heterocycles. The summed E-state index contributed by atoms with van der Waals surface area (Å²) in [6.45, 7) is 1.98. The molecular weight excluding hydrogens is 278 g/mol. The zero-order valence-electron chi connectivity index (χ0n) is 11.5. The Hall–Kier alpha value is -2.57. The number of amides is 1. The molecule has 0 unspecified atom stereocenters. The Kier molecular flexibility index (Phi) is 6.19. The van der Waals surface area contributed by atoms with Crippen molar-refractivity contribution in [1.82, 2.24) is 5.32 Å². The monoisotopic (exact) mass is 295 g/mol. The Morgan fingerprint density at radius 3 is 2.57 bits per heavy atom. The van der Waals surface area contributed by atoms with E-state index in [1.807, 2.05) is 25.1 Å². The van der Waals surface area contributed by atoms with E-state index in [1.165, 1.54) is 0 Å². The second kappa shape index (κ2) is 7.88. The molecule has 1 aromatic rings. The molecule has 1 rings (SSSR count). The summed E-state index contributed by atoms with van der Waals surface area (Å²) >= 11 is 0. The van der Waals surface area contributed by atoms with E-state index in [4.69, 9.17) is 14.9 Å². The lowest BCUT2D eigenvalue weighted by molar-refractivity contribution is -0.147. The molecule has 1 amide bonds. The topological polar surface area (TPSA) is 113 Å². The van der Waals surface area contributed by atoms with Gasteiger partial charge in [0.15, 0.2) is 0 Å². The highest BCUT2D eigenvalue weighted by Crippen LogP contribution is 2.12. The fraction of sp³-hybridized carbons (Fsp3) is 0.357. The lowest BCUT2D eigenvalue weighted by atomic mass is 10.2. The first-order chi connectivity index (χ1) is 9.88. The van der Waals surface area contributed by atoms with Crippen molar-refractivity contribution in [2.75, 3.05) is 6.61 Å². The largest absolute Gasteiger partial charge is 0.493 e. The Bertz CT molecular complexity index is 528. The van der Waals surface area contributed by atoms with Gasteiger partial charge in [-0.05, 0) is 24.6 Å². The summed E-state index contributed by atoms with van der Waals surface area (Å²) in [5, 5.41) is 19.5. The first kappa shape index (κ1) is 16.5. The van der Waals surface area contributed by atoms with Crippen LogP contribution in [-0.4, -0.2) is 40.7 Å². The third-order valence-corrected chi connectivity index (χ3v) is 2.60. The molecule has 0 aromatic heterocycles. The van der Waals surface area contributed by atoms with Gasteiger partial charge in [-0.2, -0.15) is 0 Å². The number of nitrogens with one attached hydrogen (secondary N) is 1. The van der Waals surface area contributed by atoms with Crippen LogP contribution in [0.2, 0.25) is 0 Å². The predicted octanol–water partition coefficient (Wildman–Crippen LogP) is 0.808. The van der Waals surface area contributed by atoms with Crippen molar-refractivity contribution in [3.8, 4) is 5.75 Å². The number of carbonyl (C=O) groups excluding carboxylic acids is 1. The summed E-state index contributed by atoms with van der Waals surface area (Å²) < 4.78 is 5.36. The highest BCUT2D eigenvalue weighted by Gasteiger charge is 2.22. The molecule has 0 spiro atoms. The maximum absolute atomic E-state index is 11.5. The van der Waals surface area contributed by atoms with Gasteiger partial charge in [-0.15, -0.1) is 0 Å². The van der Waals surface area contributed by atoms with E-state index in [-0.39, 0.29) is 13.0 Å². The number of carboxylic acids is 2. The third-order valence-electron chi connectivity index (χ3n) is 2.60. The number of aliphatic carboxylic acids is 2. The zero-order valence-corrected chi connectivity index (χ0v) is 11.5. The lowest BCUT2D eigenvalue weighted by Gasteiger charge is -2.12. The number of hydrogen-bond donors (Lipinski definition) is 3. The molecule has 0 saturated carbocycles. The van der Waals surface area contributed by atoms with Gasteiger partial charge in [-0.1, -0.05) is 12.1 Å². The summed E-state index contributed by atoms with van der Waals surface area (Å²) in [4.78, 5) is 32.8. The number of carbonyl (C=O) groups is 3. The average molecular weight is 295 g/mol. The van der Waals surface area contributed by atoms with E-state index in [0.717, 1.165) is 5.56 Å². The van der Waals surface area contributed by atoms with Crippen molar-refractivity contribution in [3.05, 3.63) is 29.8 Å². The molecule has 21 heavy (non-hydrogen) atoms. The van der Waals surface area contributed by atoms with Gasteiger partial charge in [0.05, 0.1) is 19.4 Å². The summed E-state index contributed by atoms with van der Waals surface area (Å²) in [5.41, 5.74) is 1.02. The van der Waals surface area contributed by atoms with Crippen LogP contribution in [0.3, 0.4) is 0 Å². The van der Waals surface area contributed by atoms with Crippen LogP contribution in [0.5, 0.6) is 5.75 Å². The lowest BCUT2D eigenvalue weighted by Crippen LogP contribution is -2.42. The summed E-state index contributed by atoms with van der Waals surface area (Å²) in [6.07, 6.45) is -0.725. The molecule has 0 radical (unpaired) electrons. The molecule has 1 atom stereocenters. The van der Waals surface area contributed by atoms with Gasteiger partial charge in [0, 0.05) is 0 Å². The van der Waals surface area contributed by atoms with Crippen molar-refractivity contribution in [2.45, 2.75) is 25.8 Å². The fourth-order valence-corrected chi connectivity index (χ4v) is 1.61. The average Bonchev–Trinajstić information content (AvgIpc) is 2.37. The number of aryl methyl sites for hydroxylation is 1. The molecule has 0 bridgehead atoms. The van der Waals surface area contributed by atoms with Crippen LogP contribution in [0.15, 0.2) is 24.3 Å². The Labute approximate surface area is 121 Å². The predicted molar refractivity (Wildman–Crippen MR) is 73.1 cm³/mol. The first-order valence-corrected chi connectivity index (χ1v) is 6.32. The van der Waals surface area contributed by atoms with Crippen LogP contribution in [0, 0.1) is 6.92 Å². The molecule has 0 saturated heterocycles. The molecule has 0 fully saturated rings.